The average Bonchev–Trinajstić information content (AvgIpc) is 2.54. The van der Waals surface area contributed by atoms with E-state index >= 15 is 0 Å². The largest absolute Gasteiger partial charge is 0.349 e. The molecule has 0 saturated heterocycles. The Hall–Kier alpha value is -0.830. The lowest BCUT2D eigenvalue weighted by molar-refractivity contribution is 0.379. The second kappa shape index (κ2) is 5.15. The van der Waals surface area contributed by atoms with Gasteiger partial charge in [-0.3, -0.25) is 0 Å². The van der Waals surface area contributed by atoms with Gasteiger partial charge in [0.2, 0.25) is 0 Å². The minimum atomic E-state index is 0.380. The van der Waals surface area contributed by atoms with Crippen LogP contribution in [0.25, 0.3) is 0 Å². The molecule has 1 aromatic heterocycles. The van der Waals surface area contributed by atoms with E-state index in [1.165, 1.54) is 0 Å². The maximum absolute atomic E-state index is 4.18. The van der Waals surface area contributed by atoms with Crippen LogP contribution in [-0.4, -0.2) is 23.1 Å². The minimum Gasteiger partial charge on any atom is -0.349 e. The van der Waals surface area contributed by atoms with Crippen molar-refractivity contribution in [2.45, 2.75) is 33.6 Å². The van der Waals surface area contributed by atoms with Crippen molar-refractivity contribution in [3.05, 3.63) is 18.2 Å². The predicted octanol–water partition coefficient (Wildman–Crippen LogP) is 1.98. The first-order valence-corrected chi connectivity index (χ1v) is 5.27. The summed E-state index contributed by atoms with van der Waals surface area (Å²) in [7, 11) is 0. The summed E-state index contributed by atoms with van der Waals surface area (Å²) in [5.41, 5.74) is 0.380. The third kappa shape index (κ3) is 5.02. The summed E-state index contributed by atoms with van der Waals surface area (Å²) in [5.74, 6) is 1.09. The molecule has 0 amide bonds. The number of rotatable bonds is 5. The zero-order valence-corrected chi connectivity index (χ0v) is 9.43. The number of aromatic nitrogens is 2. The highest BCUT2D eigenvalue weighted by Gasteiger charge is 2.08. The van der Waals surface area contributed by atoms with Gasteiger partial charge in [-0.15, -0.1) is 0 Å². The van der Waals surface area contributed by atoms with Crippen molar-refractivity contribution in [1.29, 1.82) is 0 Å². The van der Waals surface area contributed by atoms with Crippen LogP contribution in [0.15, 0.2) is 12.4 Å². The molecule has 3 nitrogen and oxygen atoms in total. The van der Waals surface area contributed by atoms with Gasteiger partial charge >= 0.3 is 0 Å². The first-order chi connectivity index (χ1) is 6.58. The number of aryl methyl sites for hydroxylation is 1. The molecule has 14 heavy (non-hydrogen) atoms. The third-order valence-electron chi connectivity index (χ3n) is 1.98. The molecule has 0 radical (unpaired) electrons. The Morgan fingerprint density at radius 1 is 1.43 bits per heavy atom. The summed E-state index contributed by atoms with van der Waals surface area (Å²) in [6, 6.07) is 0. The molecule has 0 saturated carbocycles. The molecule has 1 heterocycles. The number of imidazole rings is 1. The van der Waals surface area contributed by atoms with E-state index in [4.69, 9.17) is 0 Å². The van der Waals surface area contributed by atoms with Gasteiger partial charge in [0.25, 0.3) is 0 Å². The number of hydrogen-bond acceptors (Lipinski definition) is 2. The number of H-pyrrole nitrogens is 1. The predicted molar refractivity (Wildman–Crippen MR) is 59.2 cm³/mol. The van der Waals surface area contributed by atoms with Gasteiger partial charge in [0.1, 0.15) is 5.82 Å². The number of nitrogens with zero attached hydrogens (tertiary/aromatic N) is 1. The third-order valence-corrected chi connectivity index (χ3v) is 1.98. The summed E-state index contributed by atoms with van der Waals surface area (Å²) in [5, 5.41) is 3.45. The van der Waals surface area contributed by atoms with Crippen LogP contribution >= 0.6 is 0 Å². The van der Waals surface area contributed by atoms with Gasteiger partial charge in [0.15, 0.2) is 0 Å². The second-order valence-corrected chi connectivity index (χ2v) is 4.88. The van der Waals surface area contributed by atoms with Crippen molar-refractivity contribution in [2.24, 2.45) is 5.41 Å². The van der Waals surface area contributed by atoms with Crippen molar-refractivity contribution < 1.29 is 0 Å². The Labute approximate surface area is 86.3 Å². The SMILES string of the molecule is CC(C)(C)CNCCCc1ncc[nH]1. The Morgan fingerprint density at radius 3 is 2.79 bits per heavy atom. The molecule has 0 atom stereocenters. The van der Waals surface area contributed by atoms with Gasteiger partial charge in [0, 0.05) is 18.8 Å². The molecule has 0 fully saturated rings. The zero-order chi connectivity index (χ0) is 10.4. The highest BCUT2D eigenvalue weighted by Crippen LogP contribution is 2.09. The molecule has 2 N–H and O–H groups in total. The van der Waals surface area contributed by atoms with E-state index in [0.717, 1.165) is 31.8 Å². The van der Waals surface area contributed by atoms with Gasteiger partial charge in [0.05, 0.1) is 0 Å². The van der Waals surface area contributed by atoms with E-state index < -0.39 is 0 Å². The molecule has 0 aliphatic heterocycles. The van der Waals surface area contributed by atoms with Crippen LogP contribution in [0.3, 0.4) is 0 Å². The van der Waals surface area contributed by atoms with Gasteiger partial charge in [-0.05, 0) is 24.9 Å². The van der Waals surface area contributed by atoms with Crippen molar-refractivity contribution in [3.8, 4) is 0 Å². The van der Waals surface area contributed by atoms with E-state index in [1.807, 2.05) is 6.20 Å². The number of nitrogens with one attached hydrogen (secondary N) is 2. The van der Waals surface area contributed by atoms with Gasteiger partial charge in [-0.25, -0.2) is 4.98 Å². The summed E-state index contributed by atoms with van der Waals surface area (Å²) < 4.78 is 0. The van der Waals surface area contributed by atoms with Crippen molar-refractivity contribution in [3.63, 3.8) is 0 Å². The molecule has 80 valence electrons. The van der Waals surface area contributed by atoms with Crippen LogP contribution < -0.4 is 5.32 Å². The number of aromatic amines is 1. The van der Waals surface area contributed by atoms with Crippen LogP contribution in [0.1, 0.15) is 33.0 Å². The smallest absolute Gasteiger partial charge is 0.106 e. The van der Waals surface area contributed by atoms with Crippen LogP contribution in [0.2, 0.25) is 0 Å². The van der Waals surface area contributed by atoms with Crippen LogP contribution in [0.5, 0.6) is 0 Å². The quantitative estimate of drug-likeness (QED) is 0.705. The van der Waals surface area contributed by atoms with E-state index in [9.17, 15) is 0 Å². The molecule has 0 aliphatic carbocycles. The minimum absolute atomic E-state index is 0.380. The van der Waals surface area contributed by atoms with Crippen molar-refractivity contribution >= 4 is 0 Å². The molecule has 3 heteroatoms. The Balaban J connectivity index is 2.00. The van der Waals surface area contributed by atoms with Crippen LogP contribution in [-0.2, 0) is 6.42 Å². The standard InChI is InChI=1S/C11H21N3/c1-11(2,3)9-12-6-4-5-10-13-7-8-14-10/h7-8,12H,4-6,9H2,1-3H3,(H,13,14). The Morgan fingerprint density at radius 2 is 2.21 bits per heavy atom. The normalized spacial score (nSPS) is 11.9. The van der Waals surface area contributed by atoms with Crippen LogP contribution in [0.4, 0.5) is 0 Å². The summed E-state index contributed by atoms with van der Waals surface area (Å²) in [6.45, 7) is 8.87. The Bertz CT molecular complexity index is 234. The van der Waals surface area contributed by atoms with Crippen molar-refractivity contribution in [2.75, 3.05) is 13.1 Å². The maximum atomic E-state index is 4.18. The summed E-state index contributed by atoms with van der Waals surface area (Å²) in [6.07, 6.45) is 5.85. The molecular formula is C11H21N3. The zero-order valence-electron chi connectivity index (χ0n) is 9.43. The lowest BCUT2D eigenvalue weighted by Crippen LogP contribution is -2.27. The van der Waals surface area contributed by atoms with E-state index in [2.05, 4.69) is 36.1 Å². The van der Waals surface area contributed by atoms with Gasteiger partial charge in [-0.2, -0.15) is 0 Å². The van der Waals surface area contributed by atoms with Gasteiger partial charge in [-0.1, -0.05) is 20.8 Å². The highest BCUT2D eigenvalue weighted by molar-refractivity contribution is 4.86. The molecule has 0 unspecified atom stereocenters. The first kappa shape index (κ1) is 11.2. The van der Waals surface area contributed by atoms with Gasteiger partial charge < -0.3 is 10.3 Å². The molecule has 1 aromatic rings. The number of hydrogen-bond donors (Lipinski definition) is 2. The highest BCUT2D eigenvalue weighted by atomic mass is 14.9. The monoisotopic (exact) mass is 195 g/mol. The molecule has 0 bridgehead atoms. The topological polar surface area (TPSA) is 40.7 Å². The lowest BCUT2D eigenvalue weighted by atomic mass is 9.97. The summed E-state index contributed by atoms with van der Waals surface area (Å²) >= 11 is 0. The average molecular weight is 195 g/mol. The van der Waals surface area contributed by atoms with E-state index in [0.29, 0.717) is 5.41 Å². The van der Waals surface area contributed by atoms with Crippen LogP contribution in [0, 0.1) is 5.41 Å². The fraction of sp³-hybridized carbons (Fsp3) is 0.727. The fourth-order valence-electron chi connectivity index (χ4n) is 1.28. The summed E-state index contributed by atoms with van der Waals surface area (Å²) in [4.78, 5) is 7.28. The fourth-order valence-corrected chi connectivity index (χ4v) is 1.28. The van der Waals surface area contributed by atoms with Crippen molar-refractivity contribution in [1.82, 2.24) is 15.3 Å². The lowest BCUT2D eigenvalue weighted by Gasteiger charge is -2.18. The molecule has 1 rings (SSSR count). The molecule has 0 aromatic carbocycles. The van der Waals surface area contributed by atoms with E-state index in [-0.39, 0.29) is 0 Å². The second-order valence-electron chi connectivity index (χ2n) is 4.88. The first-order valence-electron chi connectivity index (χ1n) is 5.27. The molecule has 0 spiro atoms. The maximum Gasteiger partial charge on any atom is 0.106 e. The molecule has 0 aliphatic rings. The Kier molecular flexibility index (Phi) is 4.14. The molecular weight excluding hydrogens is 174 g/mol. The van der Waals surface area contributed by atoms with E-state index in [1.54, 1.807) is 6.20 Å².